The van der Waals surface area contributed by atoms with Gasteiger partial charge in [-0.15, -0.1) is 11.8 Å². The topological polar surface area (TPSA) is 24.7 Å². The normalized spacial score (nSPS) is 14.8. The van der Waals surface area contributed by atoms with Crippen molar-refractivity contribution in [2.45, 2.75) is 4.90 Å². The van der Waals surface area contributed by atoms with E-state index in [0.717, 1.165) is 22.3 Å². The number of benzene rings is 2. The summed E-state index contributed by atoms with van der Waals surface area (Å²) in [6.45, 7) is 0. The molecule has 4 rings (SSSR count). The molecule has 0 amide bonds. The molecule has 2 nitrogen and oxygen atoms in total. The van der Waals surface area contributed by atoms with Crippen molar-refractivity contribution in [3.8, 4) is 0 Å². The molecule has 0 spiro atoms. The van der Waals surface area contributed by atoms with E-state index in [0.29, 0.717) is 0 Å². The Bertz CT molecular complexity index is 809. The van der Waals surface area contributed by atoms with E-state index in [2.05, 4.69) is 40.3 Å². The van der Waals surface area contributed by atoms with Crippen molar-refractivity contribution in [2.75, 3.05) is 5.88 Å². The van der Waals surface area contributed by atoms with Gasteiger partial charge in [-0.05, 0) is 18.2 Å². The zero-order valence-corrected chi connectivity index (χ0v) is 9.29. The first-order valence-corrected chi connectivity index (χ1v) is 6.20. The van der Waals surface area contributed by atoms with Crippen LogP contribution < -0.4 is 10.7 Å². The molecule has 0 bridgehead atoms. The lowest BCUT2D eigenvalue weighted by molar-refractivity contribution is 1.18. The summed E-state index contributed by atoms with van der Waals surface area (Å²) in [5.41, 5.74) is 1.06. The number of thioether (sulfide) groups is 1. The van der Waals surface area contributed by atoms with E-state index in [1.807, 2.05) is 6.07 Å². The fourth-order valence-corrected chi connectivity index (χ4v) is 3.07. The first-order chi connectivity index (χ1) is 7.93. The van der Waals surface area contributed by atoms with Crippen LogP contribution in [0.2, 0.25) is 0 Å². The summed E-state index contributed by atoms with van der Waals surface area (Å²) in [5.74, 6) is 0.841. The molecule has 0 unspecified atom stereocenters. The smallest absolute Gasteiger partial charge is 0.0898 e. The van der Waals surface area contributed by atoms with Crippen molar-refractivity contribution in [1.82, 2.24) is 0 Å². The van der Waals surface area contributed by atoms with Gasteiger partial charge in [0.2, 0.25) is 0 Å². The molecule has 2 heterocycles. The Labute approximate surface area is 96.1 Å². The summed E-state index contributed by atoms with van der Waals surface area (Å²) in [5, 5.41) is 4.65. The number of nitrogens with zero attached hydrogens (tertiary/aromatic N) is 2. The zero-order chi connectivity index (χ0) is 10.5. The van der Waals surface area contributed by atoms with E-state index in [1.165, 1.54) is 15.3 Å². The van der Waals surface area contributed by atoms with Crippen LogP contribution in [0.3, 0.4) is 0 Å². The zero-order valence-electron chi connectivity index (χ0n) is 8.47. The Morgan fingerprint density at radius 2 is 2.00 bits per heavy atom. The van der Waals surface area contributed by atoms with E-state index >= 15 is 0 Å². The Morgan fingerprint density at radius 1 is 1.06 bits per heavy atom. The third-order valence-corrected chi connectivity index (χ3v) is 3.87. The molecule has 0 fully saturated rings. The van der Waals surface area contributed by atoms with Crippen LogP contribution in [0.4, 0.5) is 5.69 Å². The maximum atomic E-state index is 4.62. The second kappa shape index (κ2) is 2.95. The van der Waals surface area contributed by atoms with Crippen LogP contribution in [-0.4, -0.2) is 5.88 Å². The lowest BCUT2D eigenvalue weighted by Crippen LogP contribution is -2.05. The number of hydrogen-bond acceptors (Lipinski definition) is 3. The minimum absolute atomic E-state index is 0.841. The molecule has 2 aromatic carbocycles. The highest BCUT2D eigenvalue weighted by Gasteiger charge is 2.12. The summed E-state index contributed by atoms with van der Waals surface area (Å²) in [7, 11) is 0. The first-order valence-electron chi connectivity index (χ1n) is 5.22. The summed E-state index contributed by atoms with van der Waals surface area (Å²) in [6, 6.07) is 12.5. The van der Waals surface area contributed by atoms with Crippen LogP contribution >= 0.6 is 11.8 Å². The van der Waals surface area contributed by atoms with E-state index < -0.39 is 0 Å². The molecule has 0 saturated heterocycles. The van der Waals surface area contributed by atoms with Crippen LogP contribution in [0.1, 0.15) is 0 Å². The molecule has 0 aliphatic carbocycles. The SMILES string of the molecule is c1ccc2c(c1)=Nc1ccc3c(c1=2)=NCS3. The molecule has 0 saturated carbocycles. The highest BCUT2D eigenvalue weighted by Crippen LogP contribution is 2.24. The molecule has 0 radical (unpaired) electrons. The lowest BCUT2D eigenvalue weighted by Gasteiger charge is -1.93. The quantitative estimate of drug-likeness (QED) is 0.572. The molecule has 16 heavy (non-hydrogen) atoms. The van der Waals surface area contributed by atoms with Gasteiger partial charge < -0.3 is 0 Å². The summed E-state index contributed by atoms with van der Waals surface area (Å²) in [6.07, 6.45) is 0. The number of para-hydroxylation sites is 1. The Hall–Kier alpha value is -1.61. The van der Waals surface area contributed by atoms with Gasteiger partial charge in [0.25, 0.3) is 0 Å². The Balaban J connectivity index is 2.41. The van der Waals surface area contributed by atoms with Crippen LogP contribution in [-0.2, 0) is 0 Å². The van der Waals surface area contributed by atoms with Crippen molar-refractivity contribution in [1.29, 1.82) is 0 Å². The highest BCUT2D eigenvalue weighted by atomic mass is 32.2. The number of fused-ring (bicyclic) bond motifs is 4. The van der Waals surface area contributed by atoms with Gasteiger partial charge in [-0.25, -0.2) is 4.99 Å². The van der Waals surface area contributed by atoms with Crippen LogP contribution in [0, 0.1) is 10.4 Å². The molecular weight excluding hydrogens is 216 g/mol. The maximum absolute atomic E-state index is 4.62. The maximum Gasteiger partial charge on any atom is 0.0898 e. The lowest BCUT2D eigenvalue weighted by atomic mass is 10.2. The summed E-state index contributed by atoms with van der Waals surface area (Å²) in [4.78, 5) is 10.5. The second-order valence-electron chi connectivity index (χ2n) is 3.87. The van der Waals surface area contributed by atoms with E-state index in [1.54, 1.807) is 11.8 Å². The molecule has 0 atom stereocenters. The largest absolute Gasteiger partial charge is 0.272 e. The summed E-state index contributed by atoms with van der Waals surface area (Å²) >= 11 is 1.80. The minimum atomic E-state index is 0.841. The second-order valence-corrected chi connectivity index (χ2v) is 4.85. The monoisotopic (exact) mass is 224 g/mol. The van der Waals surface area contributed by atoms with Crippen molar-refractivity contribution < 1.29 is 0 Å². The number of rotatable bonds is 0. The molecule has 2 aromatic rings. The predicted molar refractivity (Wildman–Crippen MR) is 63.3 cm³/mol. The molecular formula is C13H8N2S. The Morgan fingerprint density at radius 3 is 3.00 bits per heavy atom. The van der Waals surface area contributed by atoms with Crippen LogP contribution in [0.25, 0.3) is 0 Å². The fraction of sp³-hybridized carbons (Fsp3) is 0.0769. The van der Waals surface area contributed by atoms with E-state index in [-0.39, 0.29) is 0 Å². The van der Waals surface area contributed by atoms with Crippen LogP contribution in [0.5, 0.6) is 0 Å². The molecule has 0 N–H and O–H groups in total. The van der Waals surface area contributed by atoms with Crippen molar-refractivity contribution in [3.63, 3.8) is 0 Å². The third kappa shape index (κ3) is 0.985. The average molecular weight is 224 g/mol. The average Bonchev–Trinajstić information content (AvgIpc) is 2.91. The molecule has 2 aliphatic rings. The van der Waals surface area contributed by atoms with Gasteiger partial charge in [-0.2, -0.15) is 0 Å². The van der Waals surface area contributed by atoms with E-state index in [4.69, 9.17) is 0 Å². The third-order valence-electron chi connectivity index (χ3n) is 2.98. The standard InChI is InChI=1S/C13H8N2S/c1-2-4-9-8(3-1)12-10(15-9)5-6-11-13(12)14-7-16-11/h1-6H,7H2. The Kier molecular flexibility index (Phi) is 1.57. The van der Waals surface area contributed by atoms with Gasteiger partial charge in [0.05, 0.1) is 22.3 Å². The summed E-state index contributed by atoms with van der Waals surface area (Å²) < 4.78 is 0. The number of hydrogen-bond donors (Lipinski definition) is 0. The molecule has 3 heteroatoms. The highest BCUT2D eigenvalue weighted by molar-refractivity contribution is 7.99. The van der Waals surface area contributed by atoms with Gasteiger partial charge in [0.1, 0.15) is 0 Å². The predicted octanol–water partition coefficient (Wildman–Crippen LogP) is 1.92. The molecule has 2 aliphatic heterocycles. The first kappa shape index (κ1) is 8.53. The van der Waals surface area contributed by atoms with E-state index in [9.17, 15) is 0 Å². The van der Waals surface area contributed by atoms with Crippen LogP contribution in [0.15, 0.2) is 51.3 Å². The van der Waals surface area contributed by atoms with Gasteiger partial charge >= 0.3 is 0 Å². The molecule has 76 valence electrons. The van der Waals surface area contributed by atoms with Gasteiger partial charge in [-0.3, -0.25) is 4.99 Å². The van der Waals surface area contributed by atoms with Gasteiger partial charge in [0, 0.05) is 15.3 Å². The van der Waals surface area contributed by atoms with Gasteiger partial charge in [-0.1, -0.05) is 18.2 Å². The van der Waals surface area contributed by atoms with Gasteiger partial charge in [0.15, 0.2) is 0 Å². The van der Waals surface area contributed by atoms with Crippen molar-refractivity contribution in [2.24, 2.45) is 9.98 Å². The minimum Gasteiger partial charge on any atom is -0.272 e. The fourth-order valence-electron chi connectivity index (χ4n) is 2.27. The van der Waals surface area contributed by atoms with Crippen molar-refractivity contribution >= 4 is 17.4 Å². The van der Waals surface area contributed by atoms with Crippen molar-refractivity contribution in [3.05, 3.63) is 57.5 Å². The molecule has 0 aromatic heterocycles.